The number of benzene rings is 2. The molecule has 2 aliphatic rings. The van der Waals surface area contributed by atoms with E-state index in [0.29, 0.717) is 46.4 Å². The predicted molar refractivity (Wildman–Crippen MR) is 122 cm³/mol. The number of rotatable bonds is 6. The number of nitrogens with two attached hydrogens (primary N) is 1. The number of carbonyl (C=O) groups excluding carboxylic acids is 1. The molecule has 0 saturated heterocycles. The maximum absolute atomic E-state index is 15.0. The molecule has 0 bridgehead atoms. The van der Waals surface area contributed by atoms with Gasteiger partial charge in [0.1, 0.15) is 35.0 Å². The van der Waals surface area contributed by atoms with E-state index in [9.17, 15) is 9.18 Å². The first kappa shape index (κ1) is 20.6. The van der Waals surface area contributed by atoms with Crippen molar-refractivity contribution in [3.8, 4) is 34.3 Å². The predicted octanol–water partition coefficient (Wildman–Crippen LogP) is 3.44. The molecule has 1 aliphatic heterocycles. The number of aromatic nitrogens is 5. The second-order valence-electron chi connectivity index (χ2n) is 8.74. The Balaban J connectivity index is 1.45. The SMILES string of the molecule is NC(=O)[C@H](Oc1cc2c3c(c1)nc(-c1ccc(-c4ncn[nH]4)c(F)c1)n3CCCCO2)C1CC1. The van der Waals surface area contributed by atoms with Gasteiger partial charge in [-0.3, -0.25) is 9.89 Å². The molecule has 34 heavy (non-hydrogen) atoms. The lowest BCUT2D eigenvalue weighted by Gasteiger charge is -2.19. The number of halogens is 1. The molecule has 2 aromatic carbocycles. The average Bonchev–Trinajstić information content (AvgIpc) is 3.35. The third-order valence-corrected chi connectivity index (χ3v) is 6.30. The maximum Gasteiger partial charge on any atom is 0.258 e. The first-order valence-corrected chi connectivity index (χ1v) is 11.4. The van der Waals surface area contributed by atoms with Crippen LogP contribution in [0.15, 0.2) is 36.7 Å². The zero-order valence-corrected chi connectivity index (χ0v) is 18.3. The molecule has 0 radical (unpaired) electrons. The highest BCUT2D eigenvalue weighted by molar-refractivity contribution is 5.88. The fraction of sp³-hybridized carbons (Fsp3) is 0.333. The monoisotopic (exact) mass is 462 g/mol. The number of amides is 1. The van der Waals surface area contributed by atoms with Gasteiger partial charge in [0.15, 0.2) is 11.9 Å². The van der Waals surface area contributed by atoms with E-state index in [2.05, 4.69) is 19.7 Å². The number of nitrogens with one attached hydrogen (secondary N) is 1. The van der Waals surface area contributed by atoms with E-state index in [-0.39, 0.29) is 5.92 Å². The molecule has 0 unspecified atom stereocenters. The van der Waals surface area contributed by atoms with Crippen molar-refractivity contribution in [1.29, 1.82) is 0 Å². The quantitative estimate of drug-likeness (QED) is 0.453. The van der Waals surface area contributed by atoms with Crippen molar-refractivity contribution < 1.29 is 18.7 Å². The molecule has 1 saturated carbocycles. The van der Waals surface area contributed by atoms with Gasteiger partial charge in [-0.2, -0.15) is 5.10 Å². The minimum atomic E-state index is -0.669. The Bertz CT molecular complexity index is 1380. The van der Waals surface area contributed by atoms with E-state index in [1.807, 2.05) is 6.07 Å². The van der Waals surface area contributed by atoms with Gasteiger partial charge >= 0.3 is 0 Å². The third kappa shape index (κ3) is 3.64. The highest BCUT2D eigenvalue weighted by Gasteiger charge is 2.37. The lowest BCUT2D eigenvalue weighted by Crippen LogP contribution is -2.35. The number of imidazole rings is 1. The fourth-order valence-corrected chi connectivity index (χ4v) is 4.49. The van der Waals surface area contributed by atoms with E-state index in [1.165, 1.54) is 12.4 Å². The summed E-state index contributed by atoms with van der Waals surface area (Å²) in [6.07, 6.45) is 4.29. The van der Waals surface area contributed by atoms with Crippen LogP contribution >= 0.6 is 0 Å². The Morgan fingerprint density at radius 2 is 2.15 bits per heavy atom. The summed E-state index contributed by atoms with van der Waals surface area (Å²) in [6.45, 7) is 1.29. The minimum absolute atomic E-state index is 0.149. The zero-order chi connectivity index (χ0) is 23.2. The first-order valence-electron chi connectivity index (χ1n) is 11.4. The van der Waals surface area contributed by atoms with Crippen molar-refractivity contribution >= 4 is 16.9 Å². The summed E-state index contributed by atoms with van der Waals surface area (Å²) in [5.41, 5.74) is 8.02. The van der Waals surface area contributed by atoms with Crippen molar-refractivity contribution in [2.75, 3.05) is 6.61 Å². The van der Waals surface area contributed by atoms with Gasteiger partial charge in [-0.1, -0.05) is 6.07 Å². The van der Waals surface area contributed by atoms with Crippen molar-refractivity contribution in [3.63, 3.8) is 0 Å². The van der Waals surface area contributed by atoms with Gasteiger partial charge in [0.05, 0.1) is 17.7 Å². The largest absolute Gasteiger partial charge is 0.491 e. The van der Waals surface area contributed by atoms with Gasteiger partial charge in [0, 0.05) is 30.2 Å². The number of nitrogens with zero attached hydrogens (tertiary/aromatic N) is 4. The molecule has 174 valence electrons. The Kier molecular flexibility index (Phi) is 4.93. The second kappa shape index (κ2) is 8.12. The minimum Gasteiger partial charge on any atom is -0.491 e. The number of hydrogen-bond donors (Lipinski definition) is 2. The van der Waals surface area contributed by atoms with Gasteiger partial charge in [0.25, 0.3) is 5.91 Å². The van der Waals surface area contributed by atoms with Crippen molar-refractivity contribution in [1.82, 2.24) is 24.7 Å². The molecule has 2 aromatic heterocycles. The van der Waals surface area contributed by atoms with Gasteiger partial charge in [-0.05, 0) is 37.8 Å². The van der Waals surface area contributed by atoms with Gasteiger partial charge in [0.2, 0.25) is 0 Å². The Hall–Kier alpha value is -3.95. The molecule has 6 rings (SSSR count). The summed E-state index contributed by atoms with van der Waals surface area (Å²) in [5, 5.41) is 6.48. The van der Waals surface area contributed by atoms with Crippen molar-refractivity contribution in [3.05, 3.63) is 42.5 Å². The highest BCUT2D eigenvalue weighted by Crippen LogP contribution is 2.39. The molecule has 3 N–H and O–H groups in total. The van der Waals surface area contributed by atoms with Gasteiger partial charge in [-0.25, -0.2) is 14.4 Å². The number of primary amides is 1. The number of ether oxygens (including phenoxy) is 2. The number of H-pyrrole nitrogens is 1. The smallest absolute Gasteiger partial charge is 0.258 e. The van der Waals surface area contributed by atoms with Gasteiger partial charge in [-0.15, -0.1) is 0 Å². The summed E-state index contributed by atoms with van der Waals surface area (Å²) < 4.78 is 29.1. The number of carbonyl (C=O) groups is 1. The molecule has 4 aromatic rings. The summed E-state index contributed by atoms with van der Waals surface area (Å²) in [5.74, 6) is 1.37. The lowest BCUT2D eigenvalue weighted by molar-refractivity contribution is -0.125. The number of aryl methyl sites for hydroxylation is 1. The summed E-state index contributed by atoms with van der Waals surface area (Å²) in [4.78, 5) is 20.8. The molecule has 1 atom stereocenters. The van der Waals surface area contributed by atoms with E-state index in [4.69, 9.17) is 20.2 Å². The molecule has 0 spiro atoms. The Labute approximate surface area is 194 Å². The molecule has 1 aliphatic carbocycles. The highest BCUT2D eigenvalue weighted by atomic mass is 19.1. The summed E-state index contributed by atoms with van der Waals surface area (Å²) in [6, 6.07) is 8.52. The normalized spacial score (nSPS) is 16.5. The van der Waals surface area contributed by atoms with E-state index in [1.54, 1.807) is 18.2 Å². The fourth-order valence-electron chi connectivity index (χ4n) is 4.49. The molecule has 9 nitrogen and oxygen atoms in total. The van der Waals surface area contributed by atoms with Crippen LogP contribution in [-0.4, -0.2) is 43.4 Å². The molecule has 3 heterocycles. The summed E-state index contributed by atoms with van der Waals surface area (Å²) in [7, 11) is 0. The second-order valence-corrected chi connectivity index (χ2v) is 8.74. The van der Waals surface area contributed by atoms with Crippen LogP contribution < -0.4 is 15.2 Å². The summed E-state index contributed by atoms with van der Waals surface area (Å²) >= 11 is 0. The van der Waals surface area contributed by atoms with Crippen LogP contribution in [0.2, 0.25) is 0 Å². The van der Waals surface area contributed by atoms with Crippen LogP contribution in [0.4, 0.5) is 4.39 Å². The van der Waals surface area contributed by atoms with E-state index >= 15 is 0 Å². The molecular formula is C24H23FN6O3. The van der Waals surface area contributed by atoms with E-state index in [0.717, 1.165) is 37.7 Å². The van der Waals surface area contributed by atoms with Crippen LogP contribution in [0.25, 0.3) is 33.8 Å². The number of aromatic amines is 1. The maximum atomic E-state index is 15.0. The van der Waals surface area contributed by atoms with Crippen LogP contribution in [0.3, 0.4) is 0 Å². The molecule has 10 heteroatoms. The first-order chi connectivity index (χ1) is 16.6. The average molecular weight is 462 g/mol. The van der Waals surface area contributed by atoms with Crippen LogP contribution in [0, 0.1) is 11.7 Å². The zero-order valence-electron chi connectivity index (χ0n) is 18.3. The van der Waals surface area contributed by atoms with Gasteiger partial charge < -0.3 is 19.8 Å². The van der Waals surface area contributed by atoms with E-state index < -0.39 is 17.8 Å². The Morgan fingerprint density at radius 1 is 1.26 bits per heavy atom. The van der Waals surface area contributed by atoms with Crippen LogP contribution in [0.1, 0.15) is 25.7 Å². The van der Waals surface area contributed by atoms with Crippen LogP contribution in [0.5, 0.6) is 11.5 Å². The van der Waals surface area contributed by atoms with Crippen molar-refractivity contribution in [2.45, 2.75) is 38.3 Å². The topological polar surface area (TPSA) is 121 Å². The Morgan fingerprint density at radius 3 is 2.88 bits per heavy atom. The molecule has 1 amide bonds. The molecular weight excluding hydrogens is 439 g/mol. The molecule has 1 fully saturated rings. The lowest BCUT2D eigenvalue weighted by atomic mass is 10.1. The number of hydrogen-bond acceptors (Lipinski definition) is 6. The van der Waals surface area contributed by atoms with Crippen molar-refractivity contribution in [2.24, 2.45) is 11.7 Å². The third-order valence-electron chi connectivity index (χ3n) is 6.30. The van der Waals surface area contributed by atoms with Crippen LogP contribution in [-0.2, 0) is 11.3 Å². The standard InChI is InChI=1S/C24H23FN6O3/c25-17-9-14(5-6-16(17)23-27-12-28-30-23)24-29-18-10-15(34-21(22(26)32)13-3-4-13)11-19-20(18)31(24)7-1-2-8-33-19/h5-6,9-13,21H,1-4,7-8H2,(H2,26,32)(H,27,28,30)/t21-/m1/s1.